The van der Waals surface area contributed by atoms with Gasteiger partial charge in [-0.05, 0) is 50.4 Å². The number of rotatable bonds is 6. The monoisotopic (exact) mass is 736 g/mol. The molecule has 0 saturated carbocycles. The number of anilines is 2. The highest BCUT2D eigenvalue weighted by Crippen LogP contribution is 2.47. The maximum atomic E-state index is 17.1. The van der Waals surface area contributed by atoms with Gasteiger partial charge in [0.2, 0.25) is 0 Å². The first kappa shape index (κ1) is 33.4. The van der Waals surface area contributed by atoms with Crippen LogP contribution >= 0.6 is 22.9 Å². The molecule has 0 bridgehead atoms. The Labute approximate surface area is 299 Å². The molecule has 6 heterocycles. The average Bonchev–Trinajstić information content (AvgIpc) is 3.94. The number of fused-ring (bicyclic) bond motifs is 3. The summed E-state index contributed by atoms with van der Waals surface area (Å²) in [6.45, 7) is 3.91. The van der Waals surface area contributed by atoms with Gasteiger partial charge in [-0.1, -0.05) is 17.7 Å². The molecule has 0 aliphatic carbocycles. The minimum atomic E-state index is -0.972. The SMILES string of the molecule is CN(C(=O)n1cncn1)[C@@]1(C)CCN(c2nc(OC[C@@]34CCCN3C[C@H](F)C4)nc3c(F)c(-c4ccc(F)c5sc(N)c(C#N)c45)c(Cl)cc23)C1. The predicted molar refractivity (Wildman–Crippen MR) is 187 cm³/mol. The zero-order valence-electron chi connectivity index (χ0n) is 27.7. The Hall–Kier alpha value is -4.72. The van der Waals surface area contributed by atoms with E-state index >= 15 is 4.39 Å². The van der Waals surface area contributed by atoms with E-state index in [1.807, 2.05) is 17.9 Å². The molecule has 5 aromatic rings. The number of nitrogens with zero attached hydrogens (tertiary/aromatic N) is 9. The molecule has 3 atom stereocenters. The van der Waals surface area contributed by atoms with Crippen LogP contribution in [-0.4, -0.2) is 97.6 Å². The molecule has 12 nitrogen and oxygen atoms in total. The second-order valence-corrected chi connectivity index (χ2v) is 15.2. The van der Waals surface area contributed by atoms with Gasteiger partial charge in [-0.15, -0.1) is 11.3 Å². The highest BCUT2D eigenvalue weighted by molar-refractivity contribution is 7.23. The van der Waals surface area contributed by atoms with Crippen molar-refractivity contribution in [2.75, 3.05) is 50.5 Å². The number of hydrogen-bond acceptors (Lipinski definition) is 11. The largest absolute Gasteiger partial charge is 0.461 e. The Balaban J connectivity index is 1.25. The maximum Gasteiger partial charge on any atom is 0.346 e. The van der Waals surface area contributed by atoms with Crippen molar-refractivity contribution in [1.82, 2.24) is 34.5 Å². The number of nitrogen functional groups attached to an aromatic ring is 1. The van der Waals surface area contributed by atoms with Crippen molar-refractivity contribution < 1.29 is 22.7 Å². The highest BCUT2D eigenvalue weighted by atomic mass is 35.5. The minimum Gasteiger partial charge on any atom is -0.461 e. The fourth-order valence-corrected chi connectivity index (χ4v) is 9.20. The number of carbonyl (C=O) groups excluding carboxylic acids is 1. The Bertz CT molecular complexity index is 2260. The number of nitrogens with two attached hydrogens (primary N) is 1. The van der Waals surface area contributed by atoms with Crippen LogP contribution in [0.4, 0.5) is 28.8 Å². The number of alkyl halides is 1. The Morgan fingerprint density at radius 3 is 2.86 bits per heavy atom. The molecule has 0 radical (unpaired) electrons. The van der Waals surface area contributed by atoms with E-state index in [4.69, 9.17) is 27.1 Å². The van der Waals surface area contributed by atoms with Crippen LogP contribution < -0.4 is 15.4 Å². The molecule has 1 amide bonds. The lowest BCUT2D eigenvalue weighted by atomic mass is 9.95. The van der Waals surface area contributed by atoms with Crippen molar-refractivity contribution in [3.8, 4) is 23.2 Å². The quantitative estimate of drug-likeness (QED) is 0.220. The third-order valence-corrected chi connectivity index (χ3v) is 12.1. The predicted octanol–water partition coefficient (Wildman–Crippen LogP) is 6.01. The van der Waals surface area contributed by atoms with E-state index in [-0.39, 0.29) is 66.4 Å². The maximum absolute atomic E-state index is 17.1. The molecule has 0 spiro atoms. The van der Waals surface area contributed by atoms with Crippen molar-refractivity contribution in [2.24, 2.45) is 0 Å². The van der Waals surface area contributed by atoms with E-state index in [2.05, 4.69) is 20.0 Å². The van der Waals surface area contributed by atoms with Gasteiger partial charge in [0.15, 0.2) is 5.82 Å². The molecule has 17 heteroatoms. The van der Waals surface area contributed by atoms with E-state index in [1.54, 1.807) is 18.0 Å². The summed E-state index contributed by atoms with van der Waals surface area (Å²) in [4.78, 5) is 32.1. The third-order valence-electron chi connectivity index (χ3n) is 10.7. The lowest BCUT2D eigenvalue weighted by molar-refractivity contribution is 0.107. The molecule has 3 fully saturated rings. The minimum absolute atomic E-state index is 0.0130. The van der Waals surface area contributed by atoms with Crippen molar-refractivity contribution >= 4 is 60.8 Å². The summed E-state index contributed by atoms with van der Waals surface area (Å²) in [5.41, 5.74) is 4.91. The van der Waals surface area contributed by atoms with Gasteiger partial charge in [0, 0.05) is 49.4 Å². The number of aromatic nitrogens is 5. The van der Waals surface area contributed by atoms with Crippen molar-refractivity contribution in [3.05, 3.63) is 53.1 Å². The van der Waals surface area contributed by atoms with Gasteiger partial charge >= 0.3 is 12.0 Å². The average molecular weight is 737 g/mol. The molecule has 51 heavy (non-hydrogen) atoms. The Morgan fingerprint density at radius 1 is 1.27 bits per heavy atom. The molecule has 2 N–H and O–H groups in total. The molecule has 3 saturated heterocycles. The molecular weight excluding hydrogens is 705 g/mol. The molecular formula is C34H32ClF3N10O2S. The zero-order valence-corrected chi connectivity index (χ0v) is 29.2. The lowest BCUT2D eigenvalue weighted by Crippen LogP contribution is -2.50. The van der Waals surface area contributed by atoms with Crippen molar-refractivity contribution in [2.45, 2.75) is 49.9 Å². The lowest BCUT2D eigenvalue weighted by Gasteiger charge is -2.35. The fourth-order valence-electron chi connectivity index (χ4n) is 7.96. The number of amides is 1. The van der Waals surface area contributed by atoms with Crippen LogP contribution in [-0.2, 0) is 0 Å². The summed E-state index contributed by atoms with van der Waals surface area (Å²) in [5, 5.41) is 14.4. The van der Waals surface area contributed by atoms with Crippen LogP contribution in [0.25, 0.3) is 32.1 Å². The summed E-state index contributed by atoms with van der Waals surface area (Å²) in [6.07, 6.45) is 4.17. The van der Waals surface area contributed by atoms with Gasteiger partial charge in [-0.2, -0.15) is 25.0 Å². The van der Waals surface area contributed by atoms with Gasteiger partial charge in [0.05, 0.1) is 26.4 Å². The molecule has 3 aliphatic rings. The van der Waals surface area contributed by atoms with E-state index < -0.39 is 28.9 Å². The first-order valence-corrected chi connectivity index (χ1v) is 17.6. The van der Waals surface area contributed by atoms with Gasteiger partial charge in [0.25, 0.3) is 0 Å². The van der Waals surface area contributed by atoms with Gasteiger partial charge in [-0.3, -0.25) is 4.90 Å². The summed E-state index contributed by atoms with van der Waals surface area (Å²) in [5.74, 6) is -1.08. The normalized spacial score (nSPS) is 23.3. The third kappa shape index (κ3) is 5.32. The number of benzene rings is 2. The van der Waals surface area contributed by atoms with E-state index in [0.29, 0.717) is 38.3 Å². The van der Waals surface area contributed by atoms with Crippen LogP contribution in [0.2, 0.25) is 5.02 Å². The molecule has 8 rings (SSSR count). The van der Waals surface area contributed by atoms with E-state index in [9.17, 15) is 18.8 Å². The van der Waals surface area contributed by atoms with E-state index in [1.165, 1.54) is 24.8 Å². The molecule has 264 valence electrons. The zero-order chi connectivity index (χ0) is 35.8. The number of carbonyl (C=O) groups is 1. The van der Waals surface area contributed by atoms with Crippen LogP contribution in [0.15, 0.2) is 30.9 Å². The van der Waals surface area contributed by atoms with Crippen LogP contribution in [0.5, 0.6) is 6.01 Å². The summed E-state index contributed by atoms with van der Waals surface area (Å²) in [7, 11) is 1.69. The summed E-state index contributed by atoms with van der Waals surface area (Å²) < 4.78 is 54.1. The van der Waals surface area contributed by atoms with Gasteiger partial charge in [0.1, 0.15) is 53.7 Å². The molecule has 3 aromatic heterocycles. The van der Waals surface area contributed by atoms with Gasteiger partial charge in [-0.25, -0.2) is 22.9 Å². The van der Waals surface area contributed by atoms with Crippen molar-refractivity contribution in [1.29, 1.82) is 5.26 Å². The van der Waals surface area contributed by atoms with Crippen LogP contribution in [0.3, 0.4) is 0 Å². The molecule has 2 aromatic carbocycles. The smallest absolute Gasteiger partial charge is 0.346 e. The number of likely N-dealkylation sites (N-methyl/N-ethyl adjacent to an activating group) is 1. The molecule has 0 unspecified atom stereocenters. The van der Waals surface area contributed by atoms with Crippen molar-refractivity contribution in [3.63, 3.8) is 0 Å². The first-order chi connectivity index (χ1) is 24.4. The number of ether oxygens (including phenoxy) is 1. The number of nitriles is 1. The summed E-state index contributed by atoms with van der Waals surface area (Å²) >= 11 is 7.77. The standard InChI is InChI=1S/C34H32ClF3N10O2S/c1-33(45(2)32(49)48-17-41-16-42-48)7-9-46(14-33)30-20-10-22(35)25(19-4-5-23(37)28-24(19)21(12-39)29(40)51-28)26(38)27(20)43-31(44-30)50-15-34-6-3-8-47(34)13-18(36)11-34/h4-5,10,16-18H,3,6-9,11,13-15,40H2,1-2H3/t18-,33+,34+/m1/s1. The second-order valence-electron chi connectivity index (χ2n) is 13.7. The van der Waals surface area contributed by atoms with Crippen LogP contribution in [0.1, 0.15) is 38.2 Å². The first-order valence-electron chi connectivity index (χ1n) is 16.4. The molecule has 3 aliphatic heterocycles. The number of hydrogen-bond donors (Lipinski definition) is 1. The van der Waals surface area contributed by atoms with Crippen LogP contribution in [0, 0.1) is 23.0 Å². The second kappa shape index (κ2) is 12.2. The topological polar surface area (TPSA) is 142 Å². The Kier molecular flexibility index (Phi) is 8.00. The Morgan fingerprint density at radius 2 is 2.10 bits per heavy atom. The summed E-state index contributed by atoms with van der Waals surface area (Å²) in [6, 6.07) is 5.65. The van der Waals surface area contributed by atoms with Gasteiger partial charge < -0.3 is 20.3 Å². The number of halogens is 4. The highest BCUT2D eigenvalue weighted by Gasteiger charge is 2.49. The van der Waals surface area contributed by atoms with E-state index in [0.717, 1.165) is 35.4 Å². The fraction of sp³-hybridized carbons (Fsp3) is 0.412. The number of thiophene rings is 1.